The fourth-order valence-electron chi connectivity index (χ4n) is 0.717. The Balaban J connectivity index is 3.31. The normalized spacial score (nSPS) is 12.6. The molecule has 0 heterocycles. The fraction of sp³-hybridized carbons (Fsp3) is 0.875. The first kappa shape index (κ1) is 11.4. The molecular formula is C8H17NO3. The van der Waals surface area contributed by atoms with Crippen molar-refractivity contribution in [3.8, 4) is 0 Å². The van der Waals surface area contributed by atoms with Crippen LogP contribution in [0, 0.1) is 0 Å². The number of rotatable bonds is 6. The van der Waals surface area contributed by atoms with Crippen LogP contribution in [0.15, 0.2) is 0 Å². The van der Waals surface area contributed by atoms with E-state index in [1.807, 2.05) is 0 Å². The maximum absolute atomic E-state index is 10.8. The Kier molecular flexibility index (Phi) is 6.70. The molecule has 0 amide bonds. The van der Waals surface area contributed by atoms with Crippen LogP contribution in [0.3, 0.4) is 0 Å². The quantitative estimate of drug-likeness (QED) is 0.441. The molecule has 0 bridgehead atoms. The molecule has 12 heavy (non-hydrogen) atoms. The number of unbranched alkanes of at least 4 members (excludes halogenated alkanes) is 2. The van der Waals surface area contributed by atoms with Gasteiger partial charge in [-0.15, -0.1) is 0 Å². The molecule has 0 radical (unpaired) electrons. The highest BCUT2D eigenvalue weighted by atomic mass is 16.5. The molecule has 4 heteroatoms. The zero-order chi connectivity index (χ0) is 9.40. The number of hydrogen-bond acceptors (Lipinski definition) is 4. The van der Waals surface area contributed by atoms with Crippen molar-refractivity contribution in [3.63, 3.8) is 0 Å². The van der Waals surface area contributed by atoms with E-state index in [0.717, 1.165) is 19.3 Å². The van der Waals surface area contributed by atoms with Crippen LogP contribution in [-0.4, -0.2) is 30.3 Å². The summed E-state index contributed by atoms with van der Waals surface area (Å²) in [5.41, 5.74) is 5.05. The summed E-state index contributed by atoms with van der Waals surface area (Å²) in [5.74, 6) is -0.617. The van der Waals surface area contributed by atoms with E-state index in [-0.39, 0.29) is 6.54 Å². The minimum atomic E-state index is -1.16. The van der Waals surface area contributed by atoms with E-state index in [1.165, 1.54) is 0 Å². The largest absolute Gasteiger partial charge is 0.464 e. The SMILES string of the molecule is CCCCCOC(=O)[C@@H](O)CN. The summed E-state index contributed by atoms with van der Waals surface area (Å²) in [5, 5.41) is 8.88. The summed E-state index contributed by atoms with van der Waals surface area (Å²) in [4.78, 5) is 10.8. The summed E-state index contributed by atoms with van der Waals surface area (Å²) < 4.78 is 4.73. The number of aliphatic hydroxyl groups is 1. The van der Waals surface area contributed by atoms with Gasteiger partial charge in [-0.3, -0.25) is 0 Å². The smallest absolute Gasteiger partial charge is 0.336 e. The van der Waals surface area contributed by atoms with Crippen LogP contribution in [0.5, 0.6) is 0 Å². The predicted octanol–water partition coefficient (Wildman–Crippen LogP) is 0.0394. The molecule has 0 aliphatic carbocycles. The lowest BCUT2D eigenvalue weighted by Crippen LogP contribution is -2.31. The number of aliphatic hydroxyl groups excluding tert-OH is 1. The number of nitrogens with two attached hydrogens (primary N) is 1. The second-order valence-corrected chi connectivity index (χ2v) is 2.63. The van der Waals surface area contributed by atoms with Gasteiger partial charge < -0.3 is 15.6 Å². The van der Waals surface area contributed by atoms with Gasteiger partial charge >= 0.3 is 5.97 Å². The van der Waals surface area contributed by atoms with E-state index in [1.54, 1.807) is 0 Å². The number of hydrogen-bond donors (Lipinski definition) is 2. The molecule has 4 nitrogen and oxygen atoms in total. The summed E-state index contributed by atoms with van der Waals surface area (Å²) in [7, 11) is 0. The van der Waals surface area contributed by atoms with Crippen molar-refractivity contribution < 1.29 is 14.6 Å². The molecule has 0 aromatic carbocycles. The van der Waals surface area contributed by atoms with Crippen molar-refractivity contribution in [2.24, 2.45) is 5.73 Å². The van der Waals surface area contributed by atoms with Gasteiger partial charge in [0.05, 0.1) is 6.61 Å². The number of ether oxygens (including phenoxy) is 1. The molecule has 72 valence electrons. The lowest BCUT2D eigenvalue weighted by atomic mass is 10.3. The molecule has 0 aliphatic heterocycles. The molecule has 0 aliphatic rings. The average Bonchev–Trinajstić information content (AvgIpc) is 2.10. The van der Waals surface area contributed by atoms with Crippen molar-refractivity contribution in [3.05, 3.63) is 0 Å². The van der Waals surface area contributed by atoms with Crippen LogP contribution >= 0.6 is 0 Å². The molecule has 0 fully saturated rings. The summed E-state index contributed by atoms with van der Waals surface area (Å²) in [6.07, 6.45) is 1.80. The number of carbonyl (C=O) groups is 1. The zero-order valence-corrected chi connectivity index (χ0v) is 7.45. The molecule has 0 spiro atoms. The second kappa shape index (κ2) is 7.06. The zero-order valence-electron chi connectivity index (χ0n) is 7.45. The van der Waals surface area contributed by atoms with Gasteiger partial charge in [-0.2, -0.15) is 0 Å². The van der Waals surface area contributed by atoms with Gasteiger partial charge in [0.25, 0.3) is 0 Å². The highest BCUT2D eigenvalue weighted by molar-refractivity contribution is 5.74. The molecule has 0 unspecified atom stereocenters. The van der Waals surface area contributed by atoms with Gasteiger partial charge in [0.1, 0.15) is 0 Å². The Morgan fingerprint density at radius 2 is 2.25 bits per heavy atom. The van der Waals surface area contributed by atoms with Gasteiger partial charge in [-0.05, 0) is 6.42 Å². The van der Waals surface area contributed by atoms with Crippen LogP contribution in [0.2, 0.25) is 0 Å². The molecule has 0 aromatic rings. The van der Waals surface area contributed by atoms with E-state index >= 15 is 0 Å². The molecule has 0 aromatic heterocycles. The van der Waals surface area contributed by atoms with Crippen molar-refractivity contribution in [2.45, 2.75) is 32.3 Å². The van der Waals surface area contributed by atoms with E-state index in [4.69, 9.17) is 15.6 Å². The highest BCUT2D eigenvalue weighted by Gasteiger charge is 2.13. The van der Waals surface area contributed by atoms with E-state index in [9.17, 15) is 4.79 Å². The maximum atomic E-state index is 10.8. The van der Waals surface area contributed by atoms with Gasteiger partial charge in [0.15, 0.2) is 6.10 Å². The van der Waals surface area contributed by atoms with Crippen LogP contribution in [0.1, 0.15) is 26.2 Å². The predicted molar refractivity (Wildman–Crippen MR) is 45.5 cm³/mol. The standard InChI is InChI=1S/C8H17NO3/c1-2-3-4-5-12-8(11)7(10)6-9/h7,10H,2-6,9H2,1H3/t7-/m0/s1. The summed E-state index contributed by atoms with van der Waals surface area (Å²) in [6, 6.07) is 0. The molecule has 0 saturated carbocycles. The maximum Gasteiger partial charge on any atom is 0.336 e. The van der Waals surface area contributed by atoms with Gasteiger partial charge in [-0.25, -0.2) is 4.79 Å². The minimum absolute atomic E-state index is 0.0768. The lowest BCUT2D eigenvalue weighted by molar-refractivity contribution is -0.153. The fourth-order valence-corrected chi connectivity index (χ4v) is 0.717. The summed E-state index contributed by atoms with van der Waals surface area (Å²) >= 11 is 0. The summed E-state index contributed by atoms with van der Waals surface area (Å²) in [6.45, 7) is 2.37. The van der Waals surface area contributed by atoms with E-state index < -0.39 is 12.1 Å². The van der Waals surface area contributed by atoms with Crippen molar-refractivity contribution in [1.29, 1.82) is 0 Å². The minimum Gasteiger partial charge on any atom is -0.464 e. The number of esters is 1. The Labute approximate surface area is 72.7 Å². The van der Waals surface area contributed by atoms with Crippen LogP contribution in [-0.2, 0) is 9.53 Å². The Bertz CT molecular complexity index is 127. The van der Waals surface area contributed by atoms with Crippen LogP contribution < -0.4 is 5.73 Å². The molecule has 0 rings (SSSR count). The first-order valence-electron chi connectivity index (χ1n) is 4.27. The van der Waals surface area contributed by atoms with Gasteiger partial charge in [0.2, 0.25) is 0 Å². The molecule has 1 atom stereocenters. The lowest BCUT2D eigenvalue weighted by Gasteiger charge is -2.07. The monoisotopic (exact) mass is 175 g/mol. The van der Waals surface area contributed by atoms with Crippen molar-refractivity contribution in [2.75, 3.05) is 13.2 Å². The second-order valence-electron chi connectivity index (χ2n) is 2.63. The third-order valence-corrected chi connectivity index (χ3v) is 1.49. The first-order valence-corrected chi connectivity index (χ1v) is 4.27. The Morgan fingerprint density at radius 3 is 2.75 bits per heavy atom. The molecule has 0 saturated heterocycles. The van der Waals surface area contributed by atoms with Crippen LogP contribution in [0.25, 0.3) is 0 Å². The van der Waals surface area contributed by atoms with Crippen molar-refractivity contribution >= 4 is 5.97 Å². The van der Waals surface area contributed by atoms with Crippen LogP contribution in [0.4, 0.5) is 0 Å². The van der Waals surface area contributed by atoms with Gasteiger partial charge in [-0.1, -0.05) is 19.8 Å². The third-order valence-electron chi connectivity index (χ3n) is 1.49. The Hall–Kier alpha value is -0.610. The Morgan fingerprint density at radius 1 is 1.58 bits per heavy atom. The first-order chi connectivity index (χ1) is 5.72. The molecular weight excluding hydrogens is 158 g/mol. The van der Waals surface area contributed by atoms with Crippen molar-refractivity contribution in [1.82, 2.24) is 0 Å². The third kappa shape index (κ3) is 5.09. The van der Waals surface area contributed by atoms with Gasteiger partial charge in [0, 0.05) is 6.54 Å². The highest BCUT2D eigenvalue weighted by Crippen LogP contribution is 1.95. The van der Waals surface area contributed by atoms with E-state index in [0.29, 0.717) is 6.61 Å². The average molecular weight is 175 g/mol. The number of carbonyl (C=O) groups excluding carboxylic acids is 1. The molecule has 3 N–H and O–H groups in total. The topological polar surface area (TPSA) is 72.5 Å². The van der Waals surface area contributed by atoms with E-state index in [2.05, 4.69) is 6.92 Å².